The maximum atomic E-state index is 12.3. The van der Waals surface area contributed by atoms with Crippen molar-refractivity contribution in [2.24, 2.45) is 0 Å². The number of nitrogens with zero attached hydrogens (tertiary/aromatic N) is 1. The third-order valence-corrected chi connectivity index (χ3v) is 3.71. The smallest absolute Gasteiger partial charge is 0.315 e. The summed E-state index contributed by atoms with van der Waals surface area (Å²) in [6.07, 6.45) is 1.57. The lowest BCUT2D eigenvalue weighted by molar-refractivity contribution is -0.133. The van der Waals surface area contributed by atoms with Crippen LogP contribution in [0.25, 0.3) is 11.0 Å². The molecule has 0 aliphatic rings. The first-order chi connectivity index (χ1) is 12.1. The van der Waals surface area contributed by atoms with Crippen molar-refractivity contribution in [3.05, 3.63) is 53.8 Å². The second-order valence-electron chi connectivity index (χ2n) is 5.25. The molecule has 6 heteroatoms. The number of fused-ring (bicyclic) bond motifs is 1. The van der Waals surface area contributed by atoms with Gasteiger partial charge < -0.3 is 18.6 Å². The van der Waals surface area contributed by atoms with Crippen molar-refractivity contribution in [1.29, 1.82) is 5.26 Å². The zero-order valence-electron chi connectivity index (χ0n) is 13.7. The van der Waals surface area contributed by atoms with Crippen LogP contribution in [0.15, 0.2) is 47.1 Å². The normalized spacial score (nSPS) is 10.3. The summed E-state index contributed by atoms with van der Waals surface area (Å²) in [5.41, 5.74) is 1.78. The highest BCUT2D eigenvalue weighted by molar-refractivity contribution is 5.87. The Kier molecular flexibility index (Phi) is 4.57. The summed E-state index contributed by atoms with van der Waals surface area (Å²) in [6.45, 7) is 0. The molecule has 25 heavy (non-hydrogen) atoms. The van der Waals surface area contributed by atoms with Gasteiger partial charge in [-0.05, 0) is 24.3 Å². The molecular weight excluding hydrogens is 322 g/mol. The molecule has 2 aromatic carbocycles. The van der Waals surface area contributed by atoms with Gasteiger partial charge >= 0.3 is 5.97 Å². The largest absolute Gasteiger partial charge is 0.497 e. The third-order valence-electron chi connectivity index (χ3n) is 3.71. The molecular formula is C19H15NO5. The molecule has 0 aliphatic carbocycles. The summed E-state index contributed by atoms with van der Waals surface area (Å²) in [5, 5.41) is 9.73. The monoisotopic (exact) mass is 337 g/mol. The SMILES string of the molecule is COc1ccc2c(CC(=O)Oc3ccc(C#N)cc3OC)coc2c1. The van der Waals surface area contributed by atoms with E-state index >= 15 is 0 Å². The molecule has 0 fully saturated rings. The molecule has 0 amide bonds. The molecule has 0 aliphatic heterocycles. The summed E-state index contributed by atoms with van der Waals surface area (Å²) < 4.78 is 21.1. The molecule has 0 N–H and O–H groups in total. The van der Waals surface area contributed by atoms with Crippen LogP contribution in [-0.4, -0.2) is 20.2 Å². The number of furan rings is 1. The van der Waals surface area contributed by atoms with E-state index in [0.29, 0.717) is 22.6 Å². The second kappa shape index (κ2) is 6.97. The number of carbonyl (C=O) groups excluding carboxylic acids is 1. The molecule has 126 valence electrons. The number of hydrogen-bond acceptors (Lipinski definition) is 6. The molecule has 0 spiro atoms. The van der Waals surface area contributed by atoms with Gasteiger partial charge in [0.25, 0.3) is 0 Å². The lowest BCUT2D eigenvalue weighted by Gasteiger charge is -2.09. The van der Waals surface area contributed by atoms with E-state index in [0.717, 1.165) is 10.9 Å². The number of methoxy groups -OCH3 is 2. The molecule has 3 aromatic rings. The molecule has 1 heterocycles. The van der Waals surface area contributed by atoms with Crippen molar-refractivity contribution < 1.29 is 23.4 Å². The highest BCUT2D eigenvalue weighted by atomic mass is 16.6. The van der Waals surface area contributed by atoms with Crippen LogP contribution in [0.3, 0.4) is 0 Å². The predicted molar refractivity (Wildman–Crippen MR) is 89.8 cm³/mol. The molecule has 0 unspecified atom stereocenters. The fraction of sp³-hybridized carbons (Fsp3) is 0.158. The molecule has 6 nitrogen and oxygen atoms in total. The summed E-state index contributed by atoms with van der Waals surface area (Å²) >= 11 is 0. The van der Waals surface area contributed by atoms with Gasteiger partial charge in [0.05, 0.1) is 38.5 Å². The minimum atomic E-state index is -0.457. The lowest BCUT2D eigenvalue weighted by atomic mass is 10.1. The van der Waals surface area contributed by atoms with E-state index in [4.69, 9.17) is 23.9 Å². The highest BCUT2D eigenvalue weighted by Crippen LogP contribution is 2.29. The predicted octanol–water partition coefficient (Wildman–Crippen LogP) is 3.47. The van der Waals surface area contributed by atoms with E-state index in [2.05, 4.69) is 0 Å². The van der Waals surface area contributed by atoms with Crippen LogP contribution in [0, 0.1) is 11.3 Å². The van der Waals surface area contributed by atoms with Gasteiger partial charge in [-0.2, -0.15) is 5.26 Å². The Balaban J connectivity index is 1.78. The lowest BCUT2D eigenvalue weighted by Crippen LogP contribution is -2.11. The molecule has 0 atom stereocenters. The Morgan fingerprint density at radius 1 is 1.12 bits per heavy atom. The Labute approximate surface area is 144 Å². The van der Waals surface area contributed by atoms with Crippen LogP contribution < -0.4 is 14.2 Å². The second-order valence-corrected chi connectivity index (χ2v) is 5.25. The van der Waals surface area contributed by atoms with Crippen LogP contribution in [0.5, 0.6) is 17.2 Å². The minimum absolute atomic E-state index is 0.0441. The zero-order chi connectivity index (χ0) is 17.8. The Hall–Kier alpha value is -3.46. The Morgan fingerprint density at radius 3 is 2.68 bits per heavy atom. The number of esters is 1. The fourth-order valence-electron chi connectivity index (χ4n) is 2.46. The topological polar surface area (TPSA) is 81.7 Å². The number of rotatable bonds is 5. The third kappa shape index (κ3) is 3.40. The minimum Gasteiger partial charge on any atom is -0.497 e. The summed E-state index contributed by atoms with van der Waals surface area (Å²) in [5.74, 6) is 0.815. The van der Waals surface area contributed by atoms with Crippen molar-refractivity contribution in [3.8, 4) is 23.3 Å². The number of hydrogen-bond donors (Lipinski definition) is 0. The molecule has 3 rings (SSSR count). The highest BCUT2D eigenvalue weighted by Gasteiger charge is 2.15. The van der Waals surface area contributed by atoms with E-state index < -0.39 is 5.97 Å². The number of carbonyl (C=O) groups is 1. The number of nitriles is 1. The van der Waals surface area contributed by atoms with Gasteiger partial charge in [-0.3, -0.25) is 4.79 Å². The van der Waals surface area contributed by atoms with E-state index in [1.54, 1.807) is 25.3 Å². The van der Waals surface area contributed by atoms with Crippen molar-refractivity contribution in [2.45, 2.75) is 6.42 Å². The summed E-state index contributed by atoms with van der Waals surface area (Å²) in [7, 11) is 3.03. The fourth-order valence-corrected chi connectivity index (χ4v) is 2.46. The van der Waals surface area contributed by atoms with E-state index in [1.807, 2.05) is 12.1 Å². The standard InChI is InChI=1S/C19H15NO5/c1-22-14-4-5-15-13(11-24-17(15)9-14)8-19(21)25-16-6-3-12(10-20)7-18(16)23-2/h3-7,9,11H,8H2,1-2H3. The first-order valence-electron chi connectivity index (χ1n) is 7.47. The van der Waals surface area contributed by atoms with Crippen LogP contribution in [-0.2, 0) is 11.2 Å². The average Bonchev–Trinajstić information content (AvgIpc) is 3.03. The van der Waals surface area contributed by atoms with Crippen molar-refractivity contribution in [3.63, 3.8) is 0 Å². The first-order valence-corrected chi connectivity index (χ1v) is 7.47. The van der Waals surface area contributed by atoms with Crippen molar-refractivity contribution in [1.82, 2.24) is 0 Å². The van der Waals surface area contributed by atoms with Gasteiger partial charge in [0, 0.05) is 23.1 Å². The molecule has 0 radical (unpaired) electrons. The van der Waals surface area contributed by atoms with Crippen LogP contribution in [0.2, 0.25) is 0 Å². The van der Waals surface area contributed by atoms with Crippen LogP contribution >= 0.6 is 0 Å². The Bertz CT molecular complexity index is 968. The van der Waals surface area contributed by atoms with Gasteiger partial charge in [-0.1, -0.05) is 0 Å². The van der Waals surface area contributed by atoms with Crippen molar-refractivity contribution in [2.75, 3.05) is 14.2 Å². The van der Waals surface area contributed by atoms with Crippen LogP contribution in [0.1, 0.15) is 11.1 Å². The van der Waals surface area contributed by atoms with Gasteiger partial charge in [0.15, 0.2) is 11.5 Å². The first kappa shape index (κ1) is 16.4. The van der Waals surface area contributed by atoms with E-state index in [1.165, 1.54) is 25.5 Å². The van der Waals surface area contributed by atoms with Gasteiger partial charge in [-0.15, -0.1) is 0 Å². The summed E-state index contributed by atoms with van der Waals surface area (Å²) in [6, 6.07) is 12.0. The molecule has 0 saturated carbocycles. The van der Waals surface area contributed by atoms with Gasteiger partial charge in [-0.25, -0.2) is 0 Å². The Morgan fingerprint density at radius 2 is 1.96 bits per heavy atom. The summed E-state index contributed by atoms with van der Waals surface area (Å²) in [4.78, 5) is 12.3. The van der Waals surface area contributed by atoms with E-state index in [-0.39, 0.29) is 12.2 Å². The van der Waals surface area contributed by atoms with Crippen molar-refractivity contribution >= 4 is 16.9 Å². The quantitative estimate of drug-likeness (QED) is 0.524. The maximum absolute atomic E-state index is 12.3. The van der Waals surface area contributed by atoms with Crippen LogP contribution in [0.4, 0.5) is 0 Å². The molecule has 0 saturated heterocycles. The number of ether oxygens (including phenoxy) is 3. The number of benzene rings is 2. The maximum Gasteiger partial charge on any atom is 0.315 e. The molecule has 1 aromatic heterocycles. The average molecular weight is 337 g/mol. The zero-order valence-corrected chi connectivity index (χ0v) is 13.7. The van der Waals surface area contributed by atoms with Gasteiger partial charge in [0.2, 0.25) is 0 Å². The molecule has 0 bridgehead atoms. The van der Waals surface area contributed by atoms with E-state index in [9.17, 15) is 4.79 Å². The van der Waals surface area contributed by atoms with Gasteiger partial charge in [0.1, 0.15) is 11.3 Å².